The minimum absolute atomic E-state index is 0.173. The van der Waals surface area contributed by atoms with E-state index < -0.39 is 0 Å². The van der Waals surface area contributed by atoms with Crippen LogP contribution in [0.25, 0.3) is 0 Å². The van der Waals surface area contributed by atoms with E-state index in [9.17, 15) is 0 Å². The van der Waals surface area contributed by atoms with Gasteiger partial charge in [0.2, 0.25) is 0 Å². The van der Waals surface area contributed by atoms with Gasteiger partial charge in [-0.2, -0.15) is 0 Å². The quantitative estimate of drug-likeness (QED) is 0.873. The lowest BCUT2D eigenvalue weighted by Crippen LogP contribution is -2.46. The molecule has 1 atom stereocenters. The van der Waals surface area contributed by atoms with Gasteiger partial charge >= 0.3 is 0 Å². The van der Waals surface area contributed by atoms with Crippen LogP contribution < -0.4 is 10.5 Å². The van der Waals surface area contributed by atoms with Crippen molar-refractivity contribution in [3.63, 3.8) is 0 Å². The molecule has 1 fully saturated rings. The highest BCUT2D eigenvalue weighted by Gasteiger charge is 2.18. The smallest absolute Gasteiger partial charge is 0.119 e. The largest absolute Gasteiger partial charge is 0.492 e. The van der Waals surface area contributed by atoms with Gasteiger partial charge in [-0.1, -0.05) is 19.9 Å². The van der Waals surface area contributed by atoms with Crippen molar-refractivity contribution in [2.45, 2.75) is 32.8 Å². The summed E-state index contributed by atoms with van der Waals surface area (Å²) in [4.78, 5) is 2.36. The predicted octanol–water partition coefficient (Wildman–Crippen LogP) is 2.16. The molecule has 1 unspecified atom stereocenters. The number of nitrogens with two attached hydrogens (primary N) is 1. The topological polar surface area (TPSA) is 47.7 Å². The molecule has 1 heterocycles. The Bertz CT molecular complexity index is 448. The van der Waals surface area contributed by atoms with Crippen LogP contribution in [0.5, 0.6) is 5.75 Å². The first kappa shape index (κ1) is 16.3. The van der Waals surface area contributed by atoms with Crippen molar-refractivity contribution < 1.29 is 9.47 Å². The zero-order chi connectivity index (χ0) is 15.2. The van der Waals surface area contributed by atoms with Crippen molar-refractivity contribution in [1.29, 1.82) is 0 Å². The first-order chi connectivity index (χ1) is 10.1. The molecule has 1 aromatic rings. The predicted molar refractivity (Wildman–Crippen MR) is 86.0 cm³/mol. The van der Waals surface area contributed by atoms with Gasteiger partial charge in [0, 0.05) is 26.2 Å². The number of hydrogen-bond donors (Lipinski definition) is 1. The molecule has 2 N–H and O–H groups in total. The van der Waals surface area contributed by atoms with Gasteiger partial charge < -0.3 is 15.2 Å². The summed E-state index contributed by atoms with van der Waals surface area (Å²) < 4.78 is 11.4. The molecule has 0 bridgehead atoms. The molecule has 0 radical (unpaired) electrons. The normalized spacial score (nSPS) is 20.0. The van der Waals surface area contributed by atoms with E-state index in [2.05, 4.69) is 43.9 Å². The summed E-state index contributed by atoms with van der Waals surface area (Å²) in [5.74, 6) is 1.51. The molecule has 0 amide bonds. The maximum atomic E-state index is 5.88. The number of aryl methyl sites for hydroxylation is 1. The maximum absolute atomic E-state index is 5.88. The van der Waals surface area contributed by atoms with Crippen LogP contribution in [0.3, 0.4) is 0 Å². The van der Waals surface area contributed by atoms with Gasteiger partial charge in [0.1, 0.15) is 12.4 Å². The summed E-state index contributed by atoms with van der Waals surface area (Å²) >= 11 is 0. The molecule has 0 saturated carbocycles. The van der Waals surface area contributed by atoms with E-state index in [1.165, 1.54) is 11.1 Å². The van der Waals surface area contributed by atoms with Crippen LogP contribution in [0.1, 0.15) is 30.9 Å². The molecule has 2 rings (SSSR count). The molecule has 0 aliphatic carbocycles. The fraction of sp³-hybridized carbons (Fsp3) is 0.647. The number of nitrogens with zero attached hydrogens (tertiary/aromatic N) is 1. The molecule has 0 spiro atoms. The number of morpholine rings is 1. The van der Waals surface area contributed by atoms with Gasteiger partial charge in [0.05, 0.1) is 12.7 Å². The Morgan fingerprint density at radius 3 is 2.90 bits per heavy atom. The first-order valence-electron chi connectivity index (χ1n) is 7.87. The molecule has 4 nitrogen and oxygen atoms in total. The Morgan fingerprint density at radius 2 is 2.24 bits per heavy atom. The third-order valence-corrected chi connectivity index (χ3v) is 4.03. The molecule has 1 aliphatic rings. The maximum Gasteiger partial charge on any atom is 0.119 e. The summed E-state index contributed by atoms with van der Waals surface area (Å²) in [5.41, 5.74) is 8.35. The van der Waals surface area contributed by atoms with Crippen LogP contribution in [-0.4, -0.2) is 50.4 Å². The highest BCUT2D eigenvalue weighted by atomic mass is 16.5. The lowest BCUT2D eigenvalue weighted by atomic mass is 9.98. The Balaban J connectivity index is 1.79. The molecule has 4 heteroatoms. The van der Waals surface area contributed by atoms with Gasteiger partial charge in [0.25, 0.3) is 0 Å². The number of rotatable bonds is 6. The van der Waals surface area contributed by atoms with Crippen LogP contribution in [0.15, 0.2) is 18.2 Å². The second-order valence-electron chi connectivity index (χ2n) is 6.05. The zero-order valence-corrected chi connectivity index (χ0v) is 13.5. The molecule has 21 heavy (non-hydrogen) atoms. The van der Waals surface area contributed by atoms with Crippen molar-refractivity contribution in [3.8, 4) is 5.75 Å². The molecular formula is C17H28N2O2. The van der Waals surface area contributed by atoms with E-state index in [0.29, 0.717) is 19.1 Å². The Hall–Kier alpha value is -1.10. The molecular weight excluding hydrogens is 264 g/mol. The first-order valence-corrected chi connectivity index (χ1v) is 7.87. The van der Waals surface area contributed by atoms with Gasteiger partial charge in [-0.15, -0.1) is 0 Å². The lowest BCUT2D eigenvalue weighted by Gasteiger charge is -2.32. The Morgan fingerprint density at radius 1 is 1.43 bits per heavy atom. The number of hydrogen-bond acceptors (Lipinski definition) is 4. The lowest BCUT2D eigenvalue weighted by molar-refractivity contribution is -0.0261. The Kier molecular flexibility index (Phi) is 6.03. The number of ether oxygens (including phenoxy) is 2. The van der Waals surface area contributed by atoms with E-state index in [0.717, 1.165) is 32.0 Å². The summed E-state index contributed by atoms with van der Waals surface area (Å²) in [7, 11) is 0. The van der Waals surface area contributed by atoms with Crippen molar-refractivity contribution in [1.82, 2.24) is 4.90 Å². The molecule has 1 aromatic carbocycles. The van der Waals surface area contributed by atoms with E-state index in [4.69, 9.17) is 15.2 Å². The molecule has 118 valence electrons. The highest BCUT2D eigenvalue weighted by molar-refractivity contribution is 5.36. The van der Waals surface area contributed by atoms with Crippen LogP contribution >= 0.6 is 0 Å². The highest BCUT2D eigenvalue weighted by Crippen LogP contribution is 2.23. The van der Waals surface area contributed by atoms with E-state index in [1.807, 2.05) is 0 Å². The number of benzene rings is 1. The van der Waals surface area contributed by atoms with Crippen LogP contribution in [0, 0.1) is 6.92 Å². The average molecular weight is 292 g/mol. The summed E-state index contributed by atoms with van der Waals surface area (Å²) in [5, 5.41) is 0. The van der Waals surface area contributed by atoms with E-state index in [-0.39, 0.29) is 6.10 Å². The third-order valence-electron chi connectivity index (χ3n) is 4.03. The second kappa shape index (κ2) is 7.78. The van der Waals surface area contributed by atoms with Gasteiger partial charge in [-0.05, 0) is 36.1 Å². The van der Waals surface area contributed by atoms with Crippen molar-refractivity contribution >= 4 is 0 Å². The second-order valence-corrected chi connectivity index (χ2v) is 6.05. The minimum atomic E-state index is 0.173. The van der Waals surface area contributed by atoms with Crippen molar-refractivity contribution in [2.24, 2.45) is 5.73 Å². The van der Waals surface area contributed by atoms with Gasteiger partial charge in [-0.25, -0.2) is 0 Å². The zero-order valence-electron chi connectivity index (χ0n) is 13.5. The Labute approximate surface area is 128 Å². The SMILES string of the molecule is Cc1cc(OCCN2CCOC(CN)C2)ccc1C(C)C. The average Bonchev–Trinajstić information content (AvgIpc) is 2.47. The van der Waals surface area contributed by atoms with Crippen LogP contribution in [0.2, 0.25) is 0 Å². The molecule has 1 aliphatic heterocycles. The summed E-state index contributed by atoms with van der Waals surface area (Å²) in [6.07, 6.45) is 0.173. The fourth-order valence-electron chi connectivity index (χ4n) is 2.80. The van der Waals surface area contributed by atoms with Crippen LogP contribution in [0.4, 0.5) is 0 Å². The fourth-order valence-corrected chi connectivity index (χ4v) is 2.80. The van der Waals surface area contributed by atoms with Crippen molar-refractivity contribution in [3.05, 3.63) is 29.3 Å². The monoisotopic (exact) mass is 292 g/mol. The minimum Gasteiger partial charge on any atom is -0.492 e. The van der Waals surface area contributed by atoms with Crippen LogP contribution in [-0.2, 0) is 4.74 Å². The van der Waals surface area contributed by atoms with E-state index in [1.54, 1.807) is 0 Å². The third kappa shape index (κ3) is 4.70. The standard InChI is InChI=1S/C17H28N2O2/c1-13(2)17-5-4-15(10-14(17)3)20-8-6-19-7-9-21-16(11-18)12-19/h4-5,10,13,16H,6-9,11-12,18H2,1-3H3. The molecule has 0 aromatic heterocycles. The van der Waals surface area contributed by atoms with Gasteiger partial charge in [0.15, 0.2) is 0 Å². The van der Waals surface area contributed by atoms with E-state index >= 15 is 0 Å². The molecule has 1 saturated heterocycles. The van der Waals surface area contributed by atoms with Crippen molar-refractivity contribution in [2.75, 3.05) is 39.4 Å². The summed E-state index contributed by atoms with van der Waals surface area (Å²) in [6, 6.07) is 6.39. The summed E-state index contributed by atoms with van der Waals surface area (Å²) in [6.45, 7) is 11.4. The van der Waals surface area contributed by atoms with Gasteiger partial charge in [-0.3, -0.25) is 4.90 Å².